The summed E-state index contributed by atoms with van der Waals surface area (Å²) in [5, 5.41) is 5.36. The summed E-state index contributed by atoms with van der Waals surface area (Å²) in [4.78, 5) is 31.0. The number of thioether (sulfide) groups is 1. The Morgan fingerprint density at radius 1 is 1.25 bits per heavy atom. The molecule has 2 amide bonds. The summed E-state index contributed by atoms with van der Waals surface area (Å²) in [7, 11) is 0. The molecule has 1 N–H and O–H groups in total. The molecule has 146 valence electrons. The lowest BCUT2D eigenvalue weighted by Gasteiger charge is -2.14. The molecule has 0 saturated carbocycles. The Bertz CT molecular complexity index is 893. The highest BCUT2D eigenvalue weighted by Gasteiger charge is 2.31. The lowest BCUT2D eigenvalue weighted by molar-refractivity contribution is -0.122. The molecule has 8 heteroatoms. The van der Waals surface area contributed by atoms with Crippen molar-refractivity contribution in [1.29, 1.82) is 0 Å². The highest BCUT2D eigenvalue weighted by molar-refractivity contribution is 8.26. The molecular weight excluding hydrogens is 410 g/mol. The van der Waals surface area contributed by atoms with E-state index in [0.29, 0.717) is 27.3 Å². The molecule has 0 unspecified atom stereocenters. The van der Waals surface area contributed by atoms with Crippen LogP contribution in [0.5, 0.6) is 0 Å². The summed E-state index contributed by atoms with van der Waals surface area (Å²) in [6, 6.07) is 9.76. The number of nitrogens with zero attached hydrogens (tertiary/aromatic N) is 2. The zero-order valence-electron chi connectivity index (χ0n) is 15.5. The zero-order valence-corrected chi connectivity index (χ0v) is 18.0. The first kappa shape index (κ1) is 20.7. The number of anilines is 1. The van der Waals surface area contributed by atoms with Crippen molar-refractivity contribution in [3.8, 4) is 0 Å². The lowest BCUT2D eigenvalue weighted by atomic mass is 10.2. The van der Waals surface area contributed by atoms with Gasteiger partial charge < -0.3 is 5.32 Å². The van der Waals surface area contributed by atoms with Gasteiger partial charge in [-0.25, -0.2) is 4.98 Å². The van der Waals surface area contributed by atoms with Crippen LogP contribution in [0.2, 0.25) is 0 Å². The molecule has 1 aromatic carbocycles. The Balaban J connectivity index is 1.40. The van der Waals surface area contributed by atoms with E-state index in [4.69, 9.17) is 12.2 Å². The number of benzene rings is 1. The lowest BCUT2D eigenvalue weighted by Crippen LogP contribution is -2.29. The summed E-state index contributed by atoms with van der Waals surface area (Å²) in [5.41, 5.74) is 1.90. The van der Waals surface area contributed by atoms with Gasteiger partial charge >= 0.3 is 0 Å². The number of rotatable bonds is 8. The molecule has 1 aliphatic heterocycles. The van der Waals surface area contributed by atoms with E-state index in [-0.39, 0.29) is 11.8 Å². The second kappa shape index (κ2) is 9.95. The number of carbonyl (C=O) groups is 2. The molecule has 2 heterocycles. The number of hydrogen-bond acceptors (Lipinski definition) is 6. The fraction of sp³-hybridized carbons (Fsp3) is 0.300. The highest BCUT2D eigenvalue weighted by atomic mass is 32.2. The third-order valence-corrected chi connectivity index (χ3v) is 6.38. The Kier molecular flexibility index (Phi) is 7.36. The van der Waals surface area contributed by atoms with Crippen LogP contribution in [0.3, 0.4) is 0 Å². The van der Waals surface area contributed by atoms with Gasteiger partial charge in [0.05, 0.1) is 10.6 Å². The van der Waals surface area contributed by atoms with Crippen molar-refractivity contribution < 1.29 is 9.59 Å². The number of nitrogens with one attached hydrogen (secondary N) is 1. The predicted octanol–water partition coefficient (Wildman–Crippen LogP) is 4.85. The van der Waals surface area contributed by atoms with Gasteiger partial charge in [-0.1, -0.05) is 60.7 Å². The van der Waals surface area contributed by atoms with Crippen LogP contribution in [0.4, 0.5) is 5.13 Å². The minimum absolute atomic E-state index is 0.0224. The van der Waals surface area contributed by atoms with Crippen molar-refractivity contribution in [2.24, 2.45) is 0 Å². The van der Waals surface area contributed by atoms with Crippen molar-refractivity contribution in [3.05, 3.63) is 51.9 Å². The average molecular weight is 432 g/mol. The van der Waals surface area contributed by atoms with Crippen LogP contribution in [0.1, 0.15) is 36.9 Å². The van der Waals surface area contributed by atoms with Crippen LogP contribution >= 0.6 is 35.3 Å². The number of thiocarbonyl (C=S) groups is 1. The van der Waals surface area contributed by atoms with Crippen LogP contribution in [-0.2, 0) is 9.59 Å². The molecular formula is C20H21N3O2S3. The SMILES string of the molecule is Cc1csc(NC(=O)CCCCCN2C(=O)C(=Cc3ccccc3)SC2=S)n1. The monoisotopic (exact) mass is 431 g/mol. The fourth-order valence-electron chi connectivity index (χ4n) is 2.72. The summed E-state index contributed by atoms with van der Waals surface area (Å²) in [6.07, 6.45) is 4.77. The number of aryl methyl sites for hydroxylation is 1. The van der Waals surface area contributed by atoms with Crippen molar-refractivity contribution >= 4 is 62.7 Å². The van der Waals surface area contributed by atoms with Gasteiger partial charge in [0.1, 0.15) is 4.32 Å². The van der Waals surface area contributed by atoms with E-state index in [9.17, 15) is 9.59 Å². The van der Waals surface area contributed by atoms with E-state index < -0.39 is 0 Å². The third kappa shape index (κ3) is 5.73. The number of thiazole rings is 1. The molecule has 1 aliphatic rings. The number of aromatic nitrogens is 1. The molecule has 28 heavy (non-hydrogen) atoms. The predicted molar refractivity (Wildman–Crippen MR) is 120 cm³/mol. The fourth-order valence-corrected chi connectivity index (χ4v) is 4.73. The molecule has 1 saturated heterocycles. The second-order valence-electron chi connectivity index (χ2n) is 6.40. The summed E-state index contributed by atoms with van der Waals surface area (Å²) in [6.45, 7) is 2.49. The van der Waals surface area contributed by atoms with E-state index in [2.05, 4.69) is 10.3 Å². The second-order valence-corrected chi connectivity index (χ2v) is 8.93. The van der Waals surface area contributed by atoms with E-state index in [1.54, 1.807) is 4.90 Å². The van der Waals surface area contributed by atoms with E-state index in [1.807, 2.05) is 48.7 Å². The number of hydrogen-bond donors (Lipinski definition) is 1. The molecule has 0 spiro atoms. The van der Waals surface area contributed by atoms with E-state index >= 15 is 0 Å². The summed E-state index contributed by atoms with van der Waals surface area (Å²) >= 11 is 8.14. The Hall–Kier alpha value is -2.03. The van der Waals surface area contributed by atoms with Gasteiger partial charge in [-0.15, -0.1) is 11.3 Å². The van der Waals surface area contributed by atoms with Gasteiger partial charge in [-0.3, -0.25) is 14.5 Å². The molecule has 3 rings (SSSR count). The van der Waals surface area contributed by atoms with Crippen molar-refractivity contribution in [2.45, 2.75) is 32.6 Å². The normalized spacial score (nSPS) is 15.5. The first-order chi connectivity index (χ1) is 13.5. The van der Waals surface area contributed by atoms with Crippen LogP contribution < -0.4 is 5.32 Å². The molecule has 0 atom stereocenters. The van der Waals surface area contributed by atoms with Crippen molar-refractivity contribution in [3.63, 3.8) is 0 Å². The topological polar surface area (TPSA) is 62.3 Å². The molecule has 1 aromatic heterocycles. The van der Waals surface area contributed by atoms with E-state index in [0.717, 1.165) is 30.5 Å². The maximum absolute atomic E-state index is 12.6. The van der Waals surface area contributed by atoms with Gasteiger partial charge in [0.2, 0.25) is 5.91 Å². The number of unbranched alkanes of at least 4 members (excludes halogenated alkanes) is 2. The van der Waals surface area contributed by atoms with Gasteiger partial charge in [-0.05, 0) is 31.4 Å². The highest BCUT2D eigenvalue weighted by Crippen LogP contribution is 2.32. The molecule has 0 bridgehead atoms. The smallest absolute Gasteiger partial charge is 0.266 e. The van der Waals surface area contributed by atoms with E-state index in [1.165, 1.54) is 23.1 Å². The Morgan fingerprint density at radius 3 is 2.75 bits per heavy atom. The maximum Gasteiger partial charge on any atom is 0.266 e. The average Bonchev–Trinajstić information content (AvgIpc) is 3.19. The largest absolute Gasteiger partial charge is 0.302 e. The van der Waals surface area contributed by atoms with Crippen molar-refractivity contribution in [1.82, 2.24) is 9.88 Å². The number of carbonyl (C=O) groups excluding carboxylic acids is 2. The number of amides is 2. The van der Waals surface area contributed by atoms with Crippen molar-refractivity contribution in [2.75, 3.05) is 11.9 Å². The molecule has 2 aromatic rings. The van der Waals surface area contributed by atoms with Gasteiger partial charge in [0, 0.05) is 18.3 Å². The minimum atomic E-state index is -0.0317. The molecule has 1 fully saturated rings. The third-order valence-electron chi connectivity index (χ3n) is 4.12. The Labute approximate surface area is 178 Å². The first-order valence-electron chi connectivity index (χ1n) is 9.05. The van der Waals surface area contributed by atoms with Gasteiger partial charge in [0.15, 0.2) is 5.13 Å². The molecule has 0 radical (unpaired) electrons. The summed E-state index contributed by atoms with van der Waals surface area (Å²) in [5.74, 6) is -0.0542. The quantitative estimate of drug-likeness (QED) is 0.368. The minimum Gasteiger partial charge on any atom is -0.302 e. The summed E-state index contributed by atoms with van der Waals surface area (Å²) < 4.78 is 0.601. The Morgan fingerprint density at radius 2 is 2.04 bits per heavy atom. The van der Waals surface area contributed by atoms with Crippen LogP contribution in [-0.4, -0.2) is 32.6 Å². The van der Waals surface area contributed by atoms with Gasteiger partial charge in [0.25, 0.3) is 5.91 Å². The maximum atomic E-state index is 12.6. The van der Waals surface area contributed by atoms with Gasteiger partial charge in [-0.2, -0.15) is 0 Å². The van der Waals surface area contributed by atoms with Crippen LogP contribution in [0.15, 0.2) is 40.6 Å². The van der Waals surface area contributed by atoms with Crippen LogP contribution in [0, 0.1) is 6.92 Å². The molecule has 0 aliphatic carbocycles. The zero-order chi connectivity index (χ0) is 19.9. The standard InChI is InChI=1S/C20H21N3O2S3/c1-14-13-27-19(21-14)22-17(24)10-6-3-7-11-23-18(25)16(28-20(23)26)12-15-8-4-2-5-9-15/h2,4-5,8-9,12-13H,3,6-7,10-11H2,1H3,(H,21,22,24). The molecule has 5 nitrogen and oxygen atoms in total. The van der Waals surface area contributed by atoms with Crippen LogP contribution in [0.25, 0.3) is 6.08 Å². The first-order valence-corrected chi connectivity index (χ1v) is 11.2.